The molecule has 0 bridgehead atoms. The second kappa shape index (κ2) is 25.1. The molecular formula is C81H64N2O6P2. The van der Waals surface area contributed by atoms with Crippen molar-refractivity contribution in [3.8, 4) is 23.0 Å². The van der Waals surface area contributed by atoms with Gasteiger partial charge in [-0.25, -0.2) is 9.80 Å². The van der Waals surface area contributed by atoms with Crippen molar-refractivity contribution in [2.24, 2.45) is 0 Å². The number of rotatable bonds is 16. The minimum atomic E-state index is -2.51. The van der Waals surface area contributed by atoms with Gasteiger partial charge in [0, 0.05) is 17.5 Å². The van der Waals surface area contributed by atoms with Crippen LogP contribution in [0.1, 0.15) is 66.4 Å². The number of benzene rings is 12. The summed E-state index contributed by atoms with van der Waals surface area (Å²) in [5, 5.41) is 8.99. The zero-order chi connectivity index (χ0) is 60.7. The van der Waals surface area contributed by atoms with E-state index in [2.05, 4.69) is 172 Å². The van der Waals surface area contributed by atoms with Gasteiger partial charge in [0.2, 0.25) is 0 Å². The molecule has 0 saturated carbocycles. The maximum Gasteiger partial charge on any atom is 0.266 e. The lowest BCUT2D eigenvalue weighted by Crippen LogP contribution is -2.39. The van der Waals surface area contributed by atoms with Crippen LogP contribution in [0.5, 0.6) is 23.0 Å². The van der Waals surface area contributed by atoms with Crippen LogP contribution in [0.25, 0.3) is 0 Å². The Bertz CT molecular complexity index is 4160. The Hall–Kier alpha value is -10.6. The highest BCUT2D eigenvalue weighted by molar-refractivity contribution is 8.02. The molecule has 2 aliphatic rings. The lowest BCUT2D eigenvalue weighted by Gasteiger charge is -2.28. The summed E-state index contributed by atoms with van der Waals surface area (Å²) in [6, 6.07) is 105. The molecule has 0 radical (unpaired) electrons. The van der Waals surface area contributed by atoms with Gasteiger partial charge in [-0.1, -0.05) is 159 Å². The van der Waals surface area contributed by atoms with Gasteiger partial charge in [0.25, 0.3) is 23.6 Å². The first kappa shape index (κ1) is 60.7. The molecule has 0 aliphatic carbocycles. The molecule has 14 rings (SSSR count). The highest BCUT2D eigenvalue weighted by Gasteiger charge is 2.50. The zero-order valence-corrected chi connectivity index (χ0v) is 52.5. The Labute approximate surface area is 533 Å². The van der Waals surface area contributed by atoms with Gasteiger partial charge in [0.1, 0.15) is 80.0 Å². The average molecular weight is 1220 g/mol. The van der Waals surface area contributed by atoms with Crippen LogP contribution in [0.2, 0.25) is 0 Å². The number of amides is 4. The number of carbonyl (C=O) groups excluding carboxylic acids is 4. The Balaban J connectivity index is 0.00000400. The predicted molar refractivity (Wildman–Crippen MR) is 376 cm³/mol. The van der Waals surface area contributed by atoms with E-state index in [0.717, 1.165) is 53.6 Å². The number of hydrogen-bond donors (Lipinski definition) is 0. The van der Waals surface area contributed by atoms with E-state index in [-0.39, 0.29) is 37.8 Å². The Morgan fingerprint density at radius 1 is 0.264 bits per heavy atom. The molecule has 0 saturated heterocycles. The topological polar surface area (TPSA) is 93.2 Å². The summed E-state index contributed by atoms with van der Waals surface area (Å²) in [5.74, 6) is 0.402. The SMILES string of the molecule is CC(C)(c1ccc(Oc2ccc3c(c2)C(=O)N(c2cccc([P+](c4ccccc4)(c4ccccc4)c4ccccc4)c2)C3=O)cc1)c1ccc(Oc2ccc3c(c2)C(=O)N(c2cccc([P+](c4ccccc4)(c4ccccc4)c4ccccc4)c2)C3=O)cc1.[CH3-].[CH3-]. The first-order chi connectivity index (χ1) is 43.5. The van der Waals surface area contributed by atoms with Gasteiger partial charge in [-0.3, -0.25) is 19.2 Å². The Kier molecular flexibility index (Phi) is 16.7. The highest BCUT2D eigenvalue weighted by atomic mass is 31.2. The molecule has 0 atom stereocenters. The van der Waals surface area contributed by atoms with Crippen LogP contribution in [-0.2, 0) is 5.41 Å². The molecule has 0 spiro atoms. The van der Waals surface area contributed by atoms with Gasteiger partial charge in [-0.15, -0.1) is 0 Å². The Morgan fingerprint density at radius 3 is 0.802 bits per heavy atom. The maximum atomic E-state index is 14.5. The number of nitrogens with zero attached hydrogens (tertiary/aromatic N) is 2. The van der Waals surface area contributed by atoms with E-state index in [9.17, 15) is 19.2 Å². The van der Waals surface area contributed by atoms with Gasteiger partial charge in [-0.2, -0.15) is 0 Å². The summed E-state index contributed by atoms with van der Waals surface area (Å²) in [7, 11) is -5.01. The van der Waals surface area contributed by atoms with Crippen molar-refractivity contribution in [2.75, 3.05) is 9.80 Å². The van der Waals surface area contributed by atoms with Crippen LogP contribution in [0.3, 0.4) is 0 Å². The van der Waals surface area contributed by atoms with Crippen LogP contribution >= 0.6 is 14.5 Å². The average Bonchev–Trinajstić information content (AvgIpc) is 1.34. The van der Waals surface area contributed by atoms with E-state index in [4.69, 9.17) is 9.47 Å². The molecule has 10 heteroatoms. The fourth-order valence-corrected chi connectivity index (χ4v) is 21.3. The third-order valence-corrected chi connectivity index (χ3v) is 25.7. The van der Waals surface area contributed by atoms with Crippen LogP contribution < -0.4 is 61.7 Å². The Morgan fingerprint density at radius 2 is 0.516 bits per heavy atom. The van der Waals surface area contributed by atoms with Crippen LogP contribution in [0.4, 0.5) is 11.4 Å². The number of carbonyl (C=O) groups is 4. The molecule has 0 fully saturated rings. The molecule has 12 aromatic rings. The second-order valence-corrected chi connectivity index (χ2v) is 29.4. The summed E-state index contributed by atoms with van der Waals surface area (Å²) in [5.41, 5.74) is 3.82. The van der Waals surface area contributed by atoms with Crippen LogP contribution in [-0.4, -0.2) is 23.6 Å². The lowest BCUT2D eigenvalue weighted by atomic mass is 9.78. The minimum Gasteiger partial charge on any atom is -0.457 e. The van der Waals surface area contributed by atoms with Crippen molar-refractivity contribution >= 4 is 92.0 Å². The molecule has 4 amide bonds. The standard InChI is InChI=1S/C79H58N2O6P2.2CH3/c1-79(2,55-39-43-59(44-40-55)86-61-47-49-71-73(53-61)77(84)80(75(71)82)57-23-21-37-69(51-57)88(63-25-9-3-10-26-63,64-27-11-4-12-28-64)65-29-13-5-14-30-65)56-41-45-60(46-42-56)87-62-48-50-72-74(54-62)78(85)81(76(72)83)58-24-22-38-70(52-58)89(66-31-15-6-16-32-66,67-33-17-7-18-34-67)68-35-19-8-20-36-68;;/h3-54H,1-2H3;2*1H3/q+2;2*-1. The monoisotopic (exact) mass is 1220 g/mol. The van der Waals surface area contributed by atoms with E-state index >= 15 is 0 Å². The molecular weight excluding hydrogens is 1160 g/mol. The number of anilines is 2. The lowest BCUT2D eigenvalue weighted by molar-refractivity contribution is 0.0910. The second-order valence-electron chi connectivity index (χ2n) is 22.6. The summed E-state index contributed by atoms with van der Waals surface area (Å²) in [4.78, 5) is 60.0. The van der Waals surface area contributed by atoms with Crippen LogP contribution in [0, 0.1) is 14.9 Å². The molecule has 0 N–H and O–H groups in total. The van der Waals surface area contributed by atoms with Crippen molar-refractivity contribution in [1.82, 2.24) is 0 Å². The number of imide groups is 2. The predicted octanol–water partition coefficient (Wildman–Crippen LogP) is 15.3. The zero-order valence-electron chi connectivity index (χ0n) is 50.8. The largest absolute Gasteiger partial charge is 0.457 e. The van der Waals surface area contributed by atoms with Crippen molar-refractivity contribution in [2.45, 2.75) is 19.3 Å². The summed E-state index contributed by atoms with van der Waals surface area (Å²) in [6.07, 6.45) is 0. The van der Waals surface area contributed by atoms with Crippen molar-refractivity contribution in [3.05, 3.63) is 364 Å². The first-order valence-corrected chi connectivity index (χ1v) is 33.1. The van der Waals surface area contributed by atoms with E-state index in [1.54, 1.807) is 36.4 Å². The van der Waals surface area contributed by atoms with Crippen LogP contribution in [0.15, 0.2) is 315 Å². The van der Waals surface area contributed by atoms with Gasteiger partial charge in [0.05, 0.1) is 33.6 Å². The van der Waals surface area contributed by atoms with Gasteiger partial charge < -0.3 is 24.3 Å². The third kappa shape index (κ3) is 10.6. The minimum absolute atomic E-state index is 0. The molecule has 2 heterocycles. The van der Waals surface area contributed by atoms with E-state index < -0.39 is 31.8 Å². The summed E-state index contributed by atoms with van der Waals surface area (Å²) >= 11 is 0. The third-order valence-electron chi connectivity index (χ3n) is 17.2. The molecule has 12 aromatic carbocycles. The molecule has 2 aliphatic heterocycles. The summed E-state index contributed by atoms with van der Waals surface area (Å²) < 4.78 is 12.8. The molecule has 8 nitrogen and oxygen atoms in total. The van der Waals surface area contributed by atoms with E-state index in [1.165, 1.54) is 9.80 Å². The van der Waals surface area contributed by atoms with E-state index in [1.807, 2.05) is 121 Å². The fraction of sp³-hybridized carbons (Fsp3) is 0.0370. The fourth-order valence-electron chi connectivity index (χ4n) is 12.7. The van der Waals surface area contributed by atoms with Crippen molar-refractivity contribution in [1.29, 1.82) is 0 Å². The number of fused-ring (bicyclic) bond motifs is 2. The van der Waals surface area contributed by atoms with Crippen molar-refractivity contribution in [3.63, 3.8) is 0 Å². The quantitative estimate of drug-likeness (QED) is 0.0544. The van der Waals surface area contributed by atoms with E-state index in [0.29, 0.717) is 45.5 Å². The first-order valence-electron chi connectivity index (χ1n) is 29.5. The molecule has 444 valence electrons. The van der Waals surface area contributed by atoms with Gasteiger partial charge in [0.15, 0.2) is 0 Å². The van der Waals surface area contributed by atoms with Gasteiger partial charge >= 0.3 is 0 Å². The smallest absolute Gasteiger partial charge is 0.266 e. The maximum absolute atomic E-state index is 14.5. The number of ether oxygens (including phenoxy) is 2. The molecule has 0 aromatic heterocycles. The molecule has 0 unspecified atom stereocenters. The van der Waals surface area contributed by atoms with Gasteiger partial charge in [-0.05, 0) is 169 Å². The molecule has 91 heavy (non-hydrogen) atoms. The van der Waals surface area contributed by atoms with Crippen molar-refractivity contribution < 1.29 is 28.7 Å². The highest BCUT2D eigenvalue weighted by Crippen LogP contribution is 2.56. The normalized spacial score (nSPS) is 12.8. The number of hydrogen-bond acceptors (Lipinski definition) is 6. The summed E-state index contributed by atoms with van der Waals surface area (Å²) in [6.45, 7) is 4.29.